The molecule has 0 aliphatic rings. The van der Waals surface area contributed by atoms with Gasteiger partial charge in [0.05, 0.1) is 0 Å². The Morgan fingerprint density at radius 1 is 0.935 bits per heavy atom. The van der Waals surface area contributed by atoms with Crippen LogP contribution in [0.2, 0.25) is 0 Å². The van der Waals surface area contributed by atoms with E-state index >= 15 is 0 Å². The monoisotopic (exact) mass is 413 g/mol. The molecular weight excluding hydrogens is 382 g/mol. The second kappa shape index (κ2) is 11.2. The van der Waals surface area contributed by atoms with Crippen LogP contribution in [0.4, 0.5) is 0 Å². The lowest BCUT2D eigenvalue weighted by atomic mass is 9.98. The number of rotatable bonds is 9. The highest BCUT2D eigenvalue weighted by molar-refractivity contribution is 5.77. The molecule has 0 saturated carbocycles. The second-order valence-electron chi connectivity index (χ2n) is 7.44. The van der Waals surface area contributed by atoms with Crippen molar-refractivity contribution in [2.75, 3.05) is 13.6 Å². The van der Waals surface area contributed by atoms with Crippen LogP contribution in [0.3, 0.4) is 0 Å². The quantitative estimate of drug-likeness (QED) is 0.403. The molecule has 0 radical (unpaired) electrons. The van der Waals surface area contributed by atoms with Crippen LogP contribution in [0.1, 0.15) is 43.1 Å². The van der Waals surface area contributed by atoms with Crippen molar-refractivity contribution in [2.24, 2.45) is 0 Å². The average molecular weight is 414 g/mol. The Balaban J connectivity index is 2.06. The molecule has 3 aromatic carbocycles. The summed E-state index contributed by atoms with van der Waals surface area (Å²) < 4.78 is 6.61. The first-order chi connectivity index (χ1) is 15.2. The second-order valence-corrected chi connectivity index (χ2v) is 7.44. The van der Waals surface area contributed by atoms with Crippen LogP contribution >= 0.6 is 0 Å². The number of phenolic OH excluding ortho intramolecular Hbond substituents is 1. The zero-order valence-electron chi connectivity index (χ0n) is 18.5. The maximum Gasteiger partial charge on any atom is 0.128 e. The van der Waals surface area contributed by atoms with Gasteiger partial charge in [-0.25, -0.2) is 0 Å². The number of aromatic hydroxyl groups is 1. The van der Waals surface area contributed by atoms with Crippen molar-refractivity contribution in [2.45, 2.75) is 26.4 Å². The minimum absolute atomic E-state index is 0.0629. The standard InChI is InChI=1S/C28H31NO2/c1-4-9-21-13-16-28(31-27(17-18-29-3)22-11-7-6-8-12-22)25(19-21)23-14-15-26(30)24(20-23)10-5-2/h4-16,19-20,27,29-30H,17-18H2,1-3H3. The maximum atomic E-state index is 10.2. The molecule has 0 saturated heterocycles. The van der Waals surface area contributed by atoms with E-state index in [0.29, 0.717) is 0 Å². The van der Waals surface area contributed by atoms with Gasteiger partial charge < -0.3 is 15.2 Å². The summed E-state index contributed by atoms with van der Waals surface area (Å²) in [5.74, 6) is 1.10. The van der Waals surface area contributed by atoms with Crippen molar-refractivity contribution >= 4 is 12.2 Å². The highest BCUT2D eigenvalue weighted by Crippen LogP contribution is 2.37. The summed E-state index contributed by atoms with van der Waals surface area (Å²) in [5, 5.41) is 13.4. The molecule has 0 spiro atoms. The van der Waals surface area contributed by atoms with Crippen LogP contribution in [0.5, 0.6) is 11.5 Å². The first kappa shape index (κ1) is 22.4. The molecule has 0 bridgehead atoms. The first-order valence-corrected chi connectivity index (χ1v) is 10.7. The van der Waals surface area contributed by atoms with Crippen molar-refractivity contribution in [3.8, 4) is 22.6 Å². The van der Waals surface area contributed by atoms with Crippen LogP contribution in [0, 0.1) is 0 Å². The fourth-order valence-corrected chi connectivity index (χ4v) is 3.60. The summed E-state index contributed by atoms with van der Waals surface area (Å²) in [4.78, 5) is 0. The number of allylic oxidation sites excluding steroid dienone is 2. The molecule has 2 N–H and O–H groups in total. The van der Waals surface area contributed by atoms with Gasteiger partial charge in [0.2, 0.25) is 0 Å². The zero-order valence-corrected chi connectivity index (χ0v) is 18.5. The Hall–Kier alpha value is -3.30. The maximum absolute atomic E-state index is 10.2. The van der Waals surface area contributed by atoms with Crippen LogP contribution < -0.4 is 10.1 Å². The number of benzene rings is 3. The predicted molar refractivity (Wildman–Crippen MR) is 131 cm³/mol. The number of ether oxygens (including phenoxy) is 1. The number of phenols is 1. The number of hydrogen-bond acceptors (Lipinski definition) is 3. The molecule has 3 rings (SSSR count). The normalized spacial score (nSPS) is 12.5. The molecule has 1 atom stereocenters. The smallest absolute Gasteiger partial charge is 0.128 e. The third kappa shape index (κ3) is 5.87. The summed E-state index contributed by atoms with van der Waals surface area (Å²) in [6.45, 7) is 4.81. The van der Waals surface area contributed by atoms with E-state index in [1.54, 1.807) is 6.07 Å². The van der Waals surface area contributed by atoms with E-state index in [1.165, 1.54) is 0 Å². The van der Waals surface area contributed by atoms with E-state index in [4.69, 9.17) is 4.74 Å². The van der Waals surface area contributed by atoms with E-state index in [-0.39, 0.29) is 11.9 Å². The van der Waals surface area contributed by atoms with Gasteiger partial charge in [-0.05, 0) is 68.4 Å². The molecular formula is C28H31NO2. The largest absolute Gasteiger partial charge is 0.507 e. The summed E-state index contributed by atoms with van der Waals surface area (Å²) in [5.41, 5.74) is 5.06. The SMILES string of the molecule is CC=Cc1ccc(OC(CCNC)c2ccccc2)c(-c2ccc(O)c(C=CC)c2)c1. The van der Waals surface area contributed by atoms with E-state index in [2.05, 4.69) is 35.7 Å². The Bertz CT molecular complexity index is 1040. The number of hydrogen-bond donors (Lipinski definition) is 2. The van der Waals surface area contributed by atoms with E-state index in [9.17, 15) is 5.11 Å². The molecule has 0 aliphatic heterocycles. The van der Waals surface area contributed by atoms with E-state index in [1.807, 2.05) is 75.5 Å². The van der Waals surface area contributed by atoms with Gasteiger partial charge in [-0.15, -0.1) is 0 Å². The van der Waals surface area contributed by atoms with Crippen LogP contribution in [0.25, 0.3) is 23.3 Å². The van der Waals surface area contributed by atoms with E-state index in [0.717, 1.165) is 46.5 Å². The predicted octanol–water partition coefficient (Wildman–Crippen LogP) is 6.86. The lowest BCUT2D eigenvalue weighted by Gasteiger charge is -2.22. The molecule has 31 heavy (non-hydrogen) atoms. The van der Waals surface area contributed by atoms with Gasteiger partial charge in [-0.3, -0.25) is 0 Å². The Morgan fingerprint density at radius 2 is 1.71 bits per heavy atom. The molecule has 3 heteroatoms. The summed E-state index contributed by atoms with van der Waals surface area (Å²) in [6, 6.07) is 22.3. The summed E-state index contributed by atoms with van der Waals surface area (Å²) in [7, 11) is 1.96. The molecule has 0 fully saturated rings. The minimum atomic E-state index is -0.0629. The van der Waals surface area contributed by atoms with Gasteiger partial charge in [0.15, 0.2) is 0 Å². The summed E-state index contributed by atoms with van der Waals surface area (Å²) in [6.07, 6.45) is 8.74. The van der Waals surface area contributed by atoms with Gasteiger partial charge >= 0.3 is 0 Å². The Morgan fingerprint density at radius 3 is 2.42 bits per heavy atom. The van der Waals surface area contributed by atoms with Crippen LogP contribution in [-0.4, -0.2) is 18.7 Å². The molecule has 3 nitrogen and oxygen atoms in total. The zero-order chi connectivity index (χ0) is 22.1. The van der Waals surface area contributed by atoms with Crippen molar-refractivity contribution in [3.05, 3.63) is 95.6 Å². The third-order valence-electron chi connectivity index (χ3n) is 5.14. The fourth-order valence-electron chi connectivity index (χ4n) is 3.60. The lowest BCUT2D eigenvalue weighted by Crippen LogP contribution is -2.16. The average Bonchev–Trinajstić information content (AvgIpc) is 2.80. The molecule has 0 heterocycles. The lowest BCUT2D eigenvalue weighted by molar-refractivity contribution is 0.196. The molecule has 3 aromatic rings. The number of nitrogens with one attached hydrogen (secondary N) is 1. The van der Waals surface area contributed by atoms with Crippen LogP contribution in [-0.2, 0) is 0 Å². The van der Waals surface area contributed by atoms with Gasteiger partial charge in [-0.2, -0.15) is 0 Å². The third-order valence-corrected chi connectivity index (χ3v) is 5.14. The Labute approximate surface area is 185 Å². The highest BCUT2D eigenvalue weighted by atomic mass is 16.5. The molecule has 160 valence electrons. The van der Waals surface area contributed by atoms with Gasteiger partial charge in [0.1, 0.15) is 17.6 Å². The summed E-state index contributed by atoms with van der Waals surface area (Å²) >= 11 is 0. The first-order valence-electron chi connectivity index (χ1n) is 10.7. The van der Waals surface area contributed by atoms with Crippen molar-refractivity contribution < 1.29 is 9.84 Å². The molecule has 0 aromatic heterocycles. The van der Waals surface area contributed by atoms with Gasteiger partial charge in [-0.1, -0.05) is 66.8 Å². The fraction of sp³-hybridized carbons (Fsp3) is 0.214. The van der Waals surface area contributed by atoms with Crippen molar-refractivity contribution in [1.29, 1.82) is 0 Å². The molecule has 0 aliphatic carbocycles. The molecule has 1 unspecified atom stereocenters. The Kier molecular flexibility index (Phi) is 8.08. The van der Waals surface area contributed by atoms with Gasteiger partial charge in [0, 0.05) is 17.5 Å². The molecule has 0 amide bonds. The highest BCUT2D eigenvalue weighted by Gasteiger charge is 2.17. The van der Waals surface area contributed by atoms with E-state index < -0.39 is 0 Å². The van der Waals surface area contributed by atoms with Crippen molar-refractivity contribution in [1.82, 2.24) is 5.32 Å². The van der Waals surface area contributed by atoms with Gasteiger partial charge in [0.25, 0.3) is 0 Å². The van der Waals surface area contributed by atoms with Crippen molar-refractivity contribution in [3.63, 3.8) is 0 Å². The minimum Gasteiger partial charge on any atom is -0.507 e. The topological polar surface area (TPSA) is 41.5 Å². The van der Waals surface area contributed by atoms with Crippen LogP contribution in [0.15, 0.2) is 78.9 Å².